The van der Waals surface area contributed by atoms with Crippen molar-refractivity contribution in [1.82, 2.24) is 4.57 Å². The Kier molecular flexibility index (Phi) is 7.04. The number of methoxy groups -OCH3 is 1. The van der Waals surface area contributed by atoms with Crippen LogP contribution >= 0.6 is 0 Å². The van der Waals surface area contributed by atoms with Gasteiger partial charge in [-0.15, -0.1) is 0 Å². The molecule has 1 heterocycles. The van der Waals surface area contributed by atoms with Crippen LogP contribution in [-0.4, -0.2) is 40.9 Å². The van der Waals surface area contributed by atoms with Crippen LogP contribution in [-0.2, 0) is 25.7 Å². The molecule has 8 nitrogen and oxygen atoms in total. The topological polar surface area (TPSA) is 104 Å². The maximum atomic E-state index is 14.1. The van der Waals surface area contributed by atoms with Gasteiger partial charge in [0, 0.05) is 58.2 Å². The fourth-order valence-electron chi connectivity index (χ4n) is 8.23. The first-order valence-corrected chi connectivity index (χ1v) is 14.7. The summed E-state index contributed by atoms with van der Waals surface area (Å²) in [6.45, 7) is 4.00. The number of Topliss-reactive ketones (excluding diaryl/α,β-unsaturated/α-hetero) is 2. The van der Waals surface area contributed by atoms with E-state index in [1.165, 1.54) is 33.3 Å². The lowest BCUT2D eigenvalue weighted by Gasteiger charge is -2.56. The minimum absolute atomic E-state index is 0.0305. The Balaban J connectivity index is 1.38. The van der Waals surface area contributed by atoms with E-state index in [1.807, 2.05) is 30.3 Å². The van der Waals surface area contributed by atoms with Gasteiger partial charge in [0.1, 0.15) is 5.71 Å². The molecule has 3 aromatic rings. The molecule has 0 N–H and O–H groups in total. The van der Waals surface area contributed by atoms with Crippen LogP contribution in [0, 0.1) is 23.2 Å². The monoisotopic (exact) mass is 556 g/mol. The van der Waals surface area contributed by atoms with Gasteiger partial charge in [-0.3, -0.25) is 14.4 Å². The summed E-state index contributed by atoms with van der Waals surface area (Å²) in [7, 11) is 1.27. The molecule has 1 aromatic heterocycles. The van der Waals surface area contributed by atoms with Gasteiger partial charge >= 0.3 is 11.9 Å². The number of carbonyl (C=O) groups is 4. The van der Waals surface area contributed by atoms with Gasteiger partial charge in [0.15, 0.2) is 5.78 Å². The first-order chi connectivity index (χ1) is 19.7. The molecule has 4 aliphatic rings. The van der Waals surface area contributed by atoms with E-state index in [0.29, 0.717) is 23.3 Å². The number of ketones is 2. The fourth-order valence-corrected chi connectivity index (χ4v) is 8.23. The number of aromatic nitrogens is 1. The van der Waals surface area contributed by atoms with Gasteiger partial charge in [-0.05, 0) is 99.6 Å². The van der Waals surface area contributed by atoms with Gasteiger partial charge < -0.3 is 14.1 Å². The summed E-state index contributed by atoms with van der Waals surface area (Å²) < 4.78 is 6.88. The lowest BCUT2D eigenvalue weighted by molar-refractivity contribution is -0.141. The highest BCUT2D eigenvalue weighted by Gasteiger charge is 2.54. The van der Waals surface area contributed by atoms with Gasteiger partial charge in [-0.2, -0.15) is 0 Å². The Morgan fingerprint density at radius 2 is 1.44 bits per heavy atom. The van der Waals surface area contributed by atoms with Crippen molar-refractivity contribution in [1.29, 1.82) is 0 Å². The second kappa shape index (κ2) is 10.5. The van der Waals surface area contributed by atoms with Gasteiger partial charge in [-0.1, -0.05) is 5.16 Å². The van der Waals surface area contributed by atoms with Crippen LogP contribution in [0.4, 0.5) is 0 Å². The number of esters is 1. The number of nitrogens with zero attached hydrogens (tertiary/aromatic N) is 2. The SMILES string of the molecule is CCn1c2ccc(C(=O)C(CCC(=O)OC)=NOC(C)=O)cc2c2cc(C(=O)C34CC5CC(CC(C5)C3)C4)ccc21. The second-order valence-electron chi connectivity index (χ2n) is 12.3. The van der Waals surface area contributed by atoms with E-state index < -0.39 is 17.7 Å². The highest BCUT2D eigenvalue weighted by Crippen LogP contribution is 2.61. The molecule has 2 aromatic carbocycles. The molecule has 7 rings (SSSR count). The third kappa shape index (κ3) is 4.87. The average molecular weight is 557 g/mol. The van der Waals surface area contributed by atoms with Crippen molar-refractivity contribution >= 4 is 51.0 Å². The van der Waals surface area contributed by atoms with E-state index in [4.69, 9.17) is 9.57 Å². The molecule has 8 heteroatoms. The number of carbonyl (C=O) groups excluding carboxylic acids is 4. The number of aryl methyl sites for hydroxylation is 1. The number of rotatable bonds is 9. The van der Waals surface area contributed by atoms with Gasteiger partial charge in [0.25, 0.3) is 0 Å². The molecule has 4 aliphatic carbocycles. The largest absolute Gasteiger partial charge is 0.469 e. The average Bonchev–Trinajstić information content (AvgIpc) is 3.27. The number of hydrogen-bond donors (Lipinski definition) is 0. The van der Waals surface area contributed by atoms with Crippen LogP contribution in [0.1, 0.15) is 85.9 Å². The molecule has 214 valence electrons. The number of hydrogen-bond acceptors (Lipinski definition) is 7. The Bertz CT molecular complexity index is 1580. The van der Waals surface area contributed by atoms with E-state index in [9.17, 15) is 19.2 Å². The minimum atomic E-state index is -0.661. The third-order valence-electron chi connectivity index (χ3n) is 9.57. The van der Waals surface area contributed by atoms with Crippen LogP contribution in [0.5, 0.6) is 0 Å². The van der Waals surface area contributed by atoms with E-state index >= 15 is 0 Å². The molecule has 41 heavy (non-hydrogen) atoms. The zero-order valence-electron chi connectivity index (χ0n) is 23.9. The standard InChI is InChI=1S/C33H36N2O6/c1-4-35-28-8-5-23(31(38)27(34-41-19(2)36)7-10-30(37)40-3)14-25(28)26-15-24(6-9-29(26)35)32(39)33-16-20-11-21(17-33)13-22(12-20)18-33/h5-6,8-9,14-15,20-22H,4,7,10-13,16-18H2,1-3H3. The first-order valence-electron chi connectivity index (χ1n) is 14.7. The Labute approximate surface area is 239 Å². The predicted octanol–water partition coefficient (Wildman–Crippen LogP) is 6.27. The van der Waals surface area contributed by atoms with Crippen LogP contribution in [0.25, 0.3) is 21.8 Å². The number of oxime groups is 1. The van der Waals surface area contributed by atoms with E-state index in [2.05, 4.69) is 16.6 Å². The van der Waals surface area contributed by atoms with E-state index in [0.717, 1.165) is 53.2 Å². The van der Waals surface area contributed by atoms with Crippen molar-refractivity contribution in [2.24, 2.45) is 28.3 Å². The summed E-state index contributed by atoms with van der Waals surface area (Å²) in [4.78, 5) is 55.5. The quantitative estimate of drug-likeness (QED) is 0.101. The zero-order chi connectivity index (χ0) is 28.9. The molecule has 0 atom stereocenters. The van der Waals surface area contributed by atoms with Gasteiger partial charge in [0.2, 0.25) is 5.78 Å². The highest BCUT2D eigenvalue weighted by atomic mass is 16.7. The first kappa shape index (κ1) is 27.4. The molecule has 0 unspecified atom stereocenters. The molecular weight excluding hydrogens is 520 g/mol. The van der Waals surface area contributed by atoms with Crippen LogP contribution in [0.15, 0.2) is 41.6 Å². The Morgan fingerprint density at radius 1 is 0.878 bits per heavy atom. The summed E-state index contributed by atoms with van der Waals surface area (Å²) in [5, 5.41) is 5.56. The van der Waals surface area contributed by atoms with Crippen LogP contribution in [0.3, 0.4) is 0 Å². The summed E-state index contributed by atoms with van der Waals surface area (Å²) in [6.07, 6.45) is 6.80. The molecule has 0 saturated heterocycles. The molecule has 4 fully saturated rings. The van der Waals surface area contributed by atoms with Crippen molar-refractivity contribution in [3.05, 3.63) is 47.5 Å². The Morgan fingerprint density at radius 3 is 1.98 bits per heavy atom. The summed E-state index contributed by atoms with van der Waals surface area (Å²) in [6, 6.07) is 11.5. The Hall–Kier alpha value is -3.81. The van der Waals surface area contributed by atoms with Crippen molar-refractivity contribution in [2.45, 2.75) is 71.8 Å². The summed E-state index contributed by atoms with van der Waals surface area (Å²) in [5.41, 5.74) is 2.82. The van der Waals surface area contributed by atoms with Crippen molar-refractivity contribution in [2.75, 3.05) is 7.11 Å². The maximum Gasteiger partial charge on any atom is 0.331 e. The zero-order valence-corrected chi connectivity index (χ0v) is 23.9. The molecule has 0 spiro atoms. The fraction of sp³-hybridized carbons (Fsp3) is 0.485. The van der Waals surface area contributed by atoms with E-state index in [1.54, 1.807) is 6.07 Å². The molecule has 4 bridgehead atoms. The maximum absolute atomic E-state index is 14.1. The predicted molar refractivity (Wildman–Crippen MR) is 155 cm³/mol. The number of ether oxygens (including phenoxy) is 1. The molecule has 0 amide bonds. The molecule has 0 aliphatic heterocycles. The molecule has 4 saturated carbocycles. The lowest BCUT2D eigenvalue weighted by atomic mass is 9.48. The number of benzene rings is 2. The van der Waals surface area contributed by atoms with Crippen LogP contribution in [0.2, 0.25) is 0 Å². The van der Waals surface area contributed by atoms with Crippen molar-refractivity contribution < 1.29 is 28.8 Å². The van der Waals surface area contributed by atoms with Crippen molar-refractivity contribution in [3.8, 4) is 0 Å². The molecular formula is C33H36N2O6. The van der Waals surface area contributed by atoms with Gasteiger partial charge in [0.05, 0.1) is 13.5 Å². The van der Waals surface area contributed by atoms with Crippen LogP contribution < -0.4 is 0 Å². The second-order valence-corrected chi connectivity index (χ2v) is 12.3. The smallest absolute Gasteiger partial charge is 0.331 e. The summed E-state index contributed by atoms with van der Waals surface area (Å²) >= 11 is 0. The number of fused-ring (bicyclic) bond motifs is 3. The van der Waals surface area contributed by atoms with Gasteiger partial charge in [-0.25, -0.2) is 4.79 Å². The lowest BCUT2D eigenvalue weighted by Crippen LogP contribution is -2.50. The van der Waals surface area contributed by atoms with E-state index in [-0.39, 0.29) is 29.8 Å². The normalized spacial score (nSPS) is 25.0. The highest BCUT2D eigenvalue weighted by molar-refractivity contribution is 6.46. The summed E-state index contributed by atoms with van der Waals surface area (Å²) in [5.74, 6) is 0.749. The molecule has 0 radical (unpaired) electrons. The minimum Gasteiger partial charge on any atom is -0.469 e. The van der Waals surface area contributed by atoms with Crippen molar-refractivity contribution in [3.63, 3.8) is 0 Å². The third-order valence-corrected chi connectivity index (χ3v) is 9.57.